The highest BCUT2D eigenvalue weighted by Crippen LogP contribution is 2.11. The third-order valence-corrected chi connectivity index (χ3v) is 3.09. The van der Waals surface area contributed by atoms with E-state index in [1.54, 1.807) is 0 Å². The molecule has 1 rings (SSSR count). The van der Waals surface area contributed by atoms with Crippen LogP contribution in [0.3, 0.4) is 0 Å². The van der Waals surface area contributed by atoms with E-state index in [1.165, 1.54) is 24.3 Å². The van der Waals surface area contributed by atoms with Crippen molar-refractivity contribution >= 4 is 23.5 Å². The number of carboxylic acids is 1. The molecule has 130 valence electrons. The van der Waals surface area contributed by atoms with Gasteiger partial charge in [0.15, 0.2) is 0 Å². The molecule has 0 spiro atoms. The summed E-state index contributed by atoms with van der Waals surface area (Å²) < 4.78 is 0. The first kappa shape index (κ1) is 19.1. The normalized spacial score (nSPS) is 11.6. The highest BCUT2D eigenvalue weighted by Gasteiger charge is 2.21. The molecule has 0 aliphatic carbocycles. The number of nitrogens with one attached hydrogen (secondary N) is 2. The number of carbonyl (C=O) groups excluding carboxylic acids is 2. The largest absolute Gasteiger partial charge is 0.480 e. The number of rotatable bonds is 8. The summed E-state index contributed by atoms with van der Waals surface area (Å²) in [6.07, 6.45) is 0.275. The molecular formula is C15H19N3O6. The number of aliphatic carboxylic acids is 1. The molecule has 0 fully saturated rings. The van der Waals surface area contributed by atoms with Crippen molar-refractivity contribution in [1.82, 2.24) is 10.6 Å². The van der Waals surface area contributed by atoms with Crippen LogP contribution in [0.1, 0.15) is 30.6 Å². The molecule has 1 aromatic carbocycles. The first-order chi connectivity index (χ1) is 11.2. The van der Waals surface area contributed by atoms with Crippen molar-refractivity contribution in [2.45, 2.75) is 26.3 Å². The molecule has 3 N–H and O–H groups in total. The number of carbonyl (C=O) groups is 3. The molecule has 9 nitrogen and oxygen atoms in total. The molecule has 0 saturated heterocycles. The van der Waals surface area contributed by atoms with Gasteiger partial charge in [-0.3, -0.25) is 19.7 Å². The van der Waals surface area contributed by atoms with Gasteiger partial charge in [-0.25, -0.2) is 4.79 Å². The molecule has 0 saturated carbocycles. The fraction of sp³-hybridized carbons (Fsp3) is 0.400. The van der Waals surface area contributed by atoms with Gasteiger partial charge >= 0.3 is 5.97 Å². The lowest BCUT2D eigenvalue weighted by molar-refractivity contribution is -0.384. The van der Waals surface area contributed by atoms with Crippen LogP contribution in [0.5, 0.6) is 0 Å². The summed E-state index contributed by atoms with van der Waals surface area (Å²) in [5, 5.41) is 24.2. The minimum absolute atomic E-state index is 0.0844. The summed E-state index contributed by atoms with van der Waals surface area (Å²) in [7, 11) is 0. The molecule has 0 bridgehead atoms. The molecule has 2 amide bonds. The number of hydrogen-bond donors (Lipinski definition) is 3. The number of nitro benzene ring substituents is 1. The van der Waals surface area contributed by atoms with E-state index < -0.39 is 35.3 Å². The molecule has 1 unspecified atom stereocenters. The van der Waals surface area contributed by atoms with Crippen LogP contribution in [-0.4, -0.2) is 40.4 Å². The number of amides is 2. The Bertz CT molecular complexity index is 627. The van der Waals surface area contributed by atoms with E-state index in [4.69, 9.17) is 5.11 Å². The summed E-state index contributed by atoms with van der Waals surface area (Å²) in [6.45, 7) is 3.27. The number of benzene rings is 1. The smallest absolute Gasteiger partial charge is 0.326 e. The fourth-order valence-corrected chi connectivity index (χ4v) is 1.94. The zero-order chi connectivity index (χ0) is 18.3. The van der Waals surface area contributed by atoms with Crippen molar-refractivity contribution in [3.63, 3.8) is 0 Å². The lowest BCUT2D eigenvalue weighted by Gasteiger charge is -2.16. The van der Waals surface area contributed by atoms with Gasteiger partial charge in [0.25, 0.3) is 11.6 Å². The van der Waals surface area contributed by atoms with Crippen molar-refractivity contribution in [2.75, 3.05) is 6.54 Å². The van der Waals surface area contributed by atoms with Crippen LogP contribution < -0.4 is 10.6 Å². The van der Waals surface area contributed by atoms with E-state index >= 15 is 0 Å². The maximum Gasteiger partial charge on any atom is 0.326 e. The van der Waals surface area contributed by atoms with Gasteiger partial charge in [-0.1, -0.05) is 13.8 Å². The predicted octanol–water partition coefficient (Wildman–Crippen LogP) is 0.940. The summed E-state index contributed by atoms with van der Waals surface area (Å²) in [5.41, 5.74) is 0.00708. The Balaban J connectivity index is 2.55. The van der Waals surface area contributed by atoms with E-state index in [9.17, 15) is 24.5 Å². The van der Waals surface area contributed by atoms with Gasteiger partial charge in [0.05, 0.1) is 11.5 Å². The molecule has 1 atom stereocenters. The van der Waals surface area contributed by atoms with Gasteiger partial charge in [-0.15, -0.1) is 0 Å². The fourth-order valence-electron chi connectivity index (χ4n) is 1.94. The van der Waals surface area contributed by atoms with E-state index in [-0.39, 0.29) is 23.6 Å². The molecule has 0 aromatic heterocycles. The maximum atomic E-state index is 11.9. The number of nitrogens with zero attached hydrogens (tertiary/aromatic N) is 1. The van der Waals surface area contributed by atoms with Crippen LogP contribution >= 0.6 is 0 Å². The standard InChI is InChI=1S/C15H19N3O6/c1-9(2)7-12(15(21)22)17-13(19)8-16-14(20)10-3-5-11(6-4-10)18(23)24/h3-6,9,12H,7-8H2,1-2H3,(H,16,20)(H,17,19)(H,21,22). The third kappa shape index (κ3) is 6.03. The number of nitro groups is 1. The highest BCUT2D eigenvalue weighted by molar-refractivity contribution is 5.97. The topological polar surface area (TPSA) is 139 Å². The summed E-state index contributed by atoms with van der Waals surface area (Å²) in [5.74, 6) is -2.27. The zero-order valence-corrected chi connectivity index (χ0v) is 13.3. The second-order valence-electron chi connectivity index (χ2n) is 5.57. The van der Waals surface area contributed by atoms with E-state index in [2.05, 4.69) is 10.6 Å². The van der Waals surface area contributed by atoms with E-state index in [0.29, 0.717) is 0 Å². The average molecular weight is 337 g/mol. The molecule has 0 heterocycles. The van der Waals surface area contributed by atoms with E-state index in [0.717, 1.165) is 0 Å². The number of non-ortho nitro benzene ring substituents is 1. The molecule has 0 aliphatic rings. The molecule has 0 aliphatic heterocycles. The predicted molar refractivity (Wildman–Crippen MR) is 84.5 cm³/mol. The molecule has 1 aromatic rings. The van der Waals surface area contributed by atoms with Crippen molar-refractivity contribution in [1.29, 1.82) is 0 Å². The lowest BCUT2D eigenvalue weighted by Crippen LogP contribution is -2.46. The Kier molecular flexibility index (Phi) is 6.84. The zero-order valence-electron chi connectivity index (χ0n) is 13.3. The van der Waals surface area contributed by atoms with Crippen LogP contribution in [0.4, 0.5) is 5.69 Å². The summed E-state index contributed by atoms with van der Waals surface area (Å²) in [6, 6.07) is 3.87. The average Bonchev–Trinajstić information content (AvgIpc) is 2.51. The van der Waals surface area contributed by atoms with Gasteiger partial charge < -0.3 is 15.7 Å². The number of hydrogen-bond acceptors (Lipinski definition) is 5. The van der Waals surface area contributed by atoms with Crippen LogP contribution in [0.25, 0.3) is 0 Å². The Morgan fingerprint density at radius 3 is 2.25 bits per heavy atom. The summed E-state index contributed by atoms with van der Waals surface area (Å²) in [4.78, 5) is 44.6. The van der Waals surface area contributed by atoms with Crippen molar-refractivity contribution in [3.8, 4) is 0 Å². The van der Waals surface area contributed by atoms with Crippen LogP contribution in [0.2, 0.25) is 0 Å². The summed E-state index contributed by atoms with van der Waals surface area (Å²) >= 11 is 0. The van der Waals surface area contributed by atoms with Gasteiger partial charge in [-0.2, -0.15) is 0 Å². The van der Waals surface area contributed by atoms with Crippen molar-refractivity contribution < 1.29 is 24.4 Å². The lowest BCUT2D eigenvalue weighted by atomic mass is 10.0. The third-order valence-electron chi connectivity index (χ3n) is 3.09. The minimum Gasteiger partial charge on any atom is -0.480 e. The quantitative estimate of drug-likeness (QED) is 0.476. The number of carboxylic acid groups (broad SMARTS) is 1. The van der Waals surface area contributed by atoms with E-state index in [1.807, 2.05) is 13.8 Å². The second-order valence-corrected chi connectivity index (χ2v) is 5.57. The van der Waals surface area contributed by atoms with Crippen LogP contribution in [0, 0.1) is 16.0 Å². The minimum atomic E-state index is -1.14. The monoisotopic (exact) mass is 337 g/mol. The van der Waals surface area contributed by atoms with Gasteiger partial charge in [0.2, 0.25) is 5.91 Å². The first-order valence-corrected chi connectivity index (χ1v) is 7.25. The Morgan fingerprint density at radius 2 is 1.79 bits per heavy atom. The Hall–Kier alpha value is -2.97. The first-order valence-electron chi connectivity index (χ1n) is 7.25. The van der Waals surface area contributed by atoms with Crippen LogP contribution in [0.15, 0.2) is 24.3 Å². The van der Waals surface area contributed by atoms with Gasteiger partial charge in [0.1, 0.15) is 6.04 Å². The molecule has 0 radical (unpaired) electrons. The SMILES string of the molecule is CC(C)CC(NC(=O)CNC(=O)c1ccc([N+](=O)[O-])cc1)C(=O)O. The van der Waals surface area contributed by atoms with Crippen LogP contribution in [-0.2, 0) is 9.59 Å². The molecule has 9 heteroatoms. The van der Waals surface area contributed by atoms with Crippen molar-refractivity contribution in [3.05, 3.63) is 39.9 Å². The maximum absolute atomic E-state index is 11.9. The highest BCUT2D eigenvalue weighted by atomic mass is 16.6. The Labute approximate surface area is 138 Å². The molecular weight excluding hydrogens is 318 g/mol. The van der Waals surface area contributed by atoms with Crippen molar-refractivity contribution in [2.24, 2.45) is 5.92 Å². The Morgan fingerprint density at radius 1 is 1.21 bits per heavy atom. The second kappa shape index (κ2) is 8.61. The van der Waals surface area contributed by atoms with Gasteiger partial charge in [-0.05, 0) is 24.5 Å². The molecule has 24 heavy (non-hydrogen) atoms. The van der Waals surface area contributed by atoms with Gasteiger partial charge in [0, 0.05) is 17.7 Å².